The maximum absolute atomic E-state index is 6.87. The fraction of sp³-hybridized carbons (Fsp3) is 0.0200. The van der Waals surface area contributed by atoms with E-state index < -0.39 is 5.41 Å². The molecule has 0 atom stereocenters. The summed E-state index contributed by atoms with van der Waals surface area (Å²) in [6.45, 7) is 0. The molecule has 4 nitrogen and oxygen atoms in total. The highest BCUT2D eigenvalue weighted by Gasteiger charge is 2.54. The van der Waals surface area contributed by atoms with Crippen LogP contribution in [0.3, 0.4) is 0 Å². The van der Waals surface area contributed by atoms with E-state index >= 15 is 0 Å². The van der Waals surface area contributed by atoms with Crippen molar-refractivity contribution >= 4 is 32.5 Å². The van der Waals surface area contributed by atoms with Gasteiger partial charge in [0.15, 0.2) is 17.5 Å². The van der Waals surface area contributed by atoms with Crippen LogP contribution in [0.25, 0.3) is 89.1 Å². The van der Waals surface area contributed by atoms with Crippen LogP contribution in [0.15, 0.2) is 180 Å². The fourth-order valence-corrected chi connectivity index (χ4v) is 9.32. The minimum absolute atomic E-state index is 0.523. The molecule has 2 aromatic heterocycles. The minimum atomic E-state index is -0.523. The number of para-hydroxylation sites is 1. The van der Waals surface area contributed by atoms with Crippen LogP contribution in [-0.2, 0) is 5.41 Å². The Balaban J connectivity index is 1.14. The van der Waals surface area contributed by atoms with E-state index in [0.717, 1.165) is 60.5 Å². The Morgan fingerprint density at radius 1 is 0.370 bits per heavy atom. The molecule has 0 saturated heterocycles. The number of rotatable bonds is 3. The van der Waals surface area contributed by atoms with Crippen LogP contribution in [-0.4, -0.2) is 15.0 Å². The Morgan fingerprint density at radius 2 is 0.852 bits per heavy atom. The van der Waals surface area contributed by atoms with Crippen LogP contribution in [0, 0.1) is 0 Å². The van der Waals surface area contributed by atoms with E-state index in [-0.39, 0.29) is 0 Å². The highest BCUT2D eigenvalue weighted by Crippen LogP contribution is 2.65. The SMILES string of the molecule is c1ccc2c(c1)-c1ccccc1C21c2ccc(-c3nc(-c4cccc5ccccc45)nc(-c4cccc5ccccc45)n3)cc2-c2oc3ccccc3c21. The first kappa shape index (κ1) is 29.4. The van der Waals surface area contributed by atoms with Crippen molar-refractivity contribution < 1.29 is 4.42 Å². The largest absolute Gasteiger partial charge is 0.456 e. The second kappa shape index (κ2) is 10.9. The van der Waals surface area contributed by atoms with Gasteiger partial charge in [-0.25, -0.2) is 15.0 Å². The summed E-state index contributed by atoms with van der Waals surface area (Å²) in [5, 5.41) is 5.61. The lowest BCUT2D eigenvalue weighted by Crippen LogP contribution is -2.25. The molecule has 0 radical (unpaired) electrons. The van der Waals surface area contributed by atoms with E-state index in [1.807, 2.05) is 0 Å². The number of aromatic nitrogens is 3. The first-order chi connectivity index (χ1) is 26.8. The molecule has 250 valence electrons. The molecular weight excluding hydrogens is 659 g/mol. The van der Waals surface area contributed by atoms with Crippen molar-refractivity contribution in [1.82, 2.24) is 15.0 Å². The summed E-state index contributed by atoms with van der Waals surface area (Å²) >= 11 is 0. The van der Waals surface area contributed by atoms with Gasteiger partial charge >= 0.3 is 0 Å². The number of hydrogen-bond donors (Lipinski definition) is 0. The van der Waals surface area contributed by atoms with Crippen LogP contribution in [0.1, 0.15) is 22.3 Å². The van der Waals surface area contributed by atoms with Gasteiger partial charge < -0.3 is 4.42 Å². The number of benzene rings is 8. The average molecular weight is 688 g/mol. The summed E-state index contributed by atoms with van der Waals surface area (Å²) in [7, 11) is 0. The summed E-state index contributed by atoms with van der Waals surface area (Å²) in [5.74, 6) is 2.79. The third-order valence-corrected chi connectivity index (χ3v) is 11.5. The normalized spacial score (nSPS) is 13.3. The molecule has 10 aromatic rings. The zero-order chi connectivity index (χ0) is 35.4. The monoisotopic (exact) mass is 687 g/mol. The van der Waals surface area contributed by atoms with Crippen molar-refractivity contribution in [2.24, 2.45) is 0 Å². The van der Waals surface area contributed by atoms with Crippen LogP contribution >= 0.6 is 0 Å². The van der Waals surface area contributed by atoms with Crippen molar-refractivity contribution in [1.29, 1.82) is 0 Å². The van der Waals surface area contributed by atoms with Gasteiger partial charge in [-0.1, -0.05) is 164 Å². The second-order valence-corrected chi connectivity index (χ2v) is 14.3. The zero-order valence-corrected chi connectivity index (χ0v) is 29.0. The van der Waals surface area contributed by atoms with Crippen molar-refractivity contribution in [2.45, 2.75) is 5.41 Å². The molecule has 0 unspecified atom stereocenters. The summed E-state index contributed by atoms with van der Waals surface area (Å²) in [4.78, 5) is 15.7. The molecular formula is C50H29N3O. The number of fused-ring (bicyclic) bond motifs is 14. The van der Waals surface area contributed by atoms with Crippen molar-refractivity contribution in [3.05, 3.63) is 198 Å². The Hall–Kier alpha value is -7.17. The molecule has 2 heterocycles. The predicted octanol–water partition coefficient (Wildman–Crippen LogP) is 12.3. The van der Waals surface area contributed by atoms with Gasteiger partial charge in [-0.3, -0.25) is 0 Å². The van der Waals surface area contributed by atoms with Crippen LogP contribution < -0.4 is 0 Å². The van der Waals surface area contributed by atoms with Gasteiger partial charge in [0, 0.05) is 33.2 Å². The van der Waals surface area contributed by atoms with Crippen LogP contribution in [0.5, 0.6) is 0 Å². The second-order valence-electron chi connectivity index (χ2n) is 14.3. The molecule has 0 saturated carbocycles. The molecule has 1 spiro atoms. The molecule has 0 N–H and O–H groups in total. The quantitative estimate of drug-likeness (QED) is 0.185. The van der Waals surface area contributed by atoms with E-state index in [0.29, 0.717) is 17.5 Å². The number of furan rings is 1. The Kier molecular flexibility index (Phi) is 5.95. The molecule has 0 aliphatic heterocycles. The molecule has 2 aliphatic carbocycles. The lowest BCUT2D eigenvalue weighted by molar-refractivity contribution is 0.628. The van der Waals surface area contributed by atoms with Gasteiger partial charge in [-0.15, -0.1) is 0 Å². The predicted molar refractivity (Wildman–Crippen MR) is 217 cm³/mol. The van der Waals surface area contributed by atoms with Gasteiger partial charge in [0.1, 0.15) is 11.3 Å². The van der Waals surface area contributed by atoms with Gasteiger partial charge in [-0.05, 0) is 61.5 Å². The van der Waals surface area contributed by atoms with E-state index in [9.17, 15) is 0 Å². The Bertz CT molecular complexity index is 3040. The van der Waals surface area contributed by atoms with Crippen molar-refractivity contribution in [3.63, 3.8) is 0 Å². The molecule has 2 aliphatic rings. The number of nitrogens with zero attached hydrogens (tertiary/aromatic N) is 3. The minimum Gasteiger partial charge on any atom is -0.456 e. The molecule has 0 amide bonds. The van der Waals surface area contributed by atoms with E-state index in [1.165, 1.54) is 33.4 Å². The maximum atomic E-state index is 6.87. The van der Waals surface area contributed by atoms with Gasteiger partial charge in [0.05, 0.1) is 5.41 Å². The van der Waals surface area contributed by atoms with Gasteiger partial charge in [0.2, 0.25) is 0 Å². The molecule has 0 bridgehead atoms. The standard InChI is InChI=1S/C50H29N3O/c1-3-17-33-30(13-1)15-11-22-37(33)48-51-47(52-49(53-48)38-23-12-16-31-14-2-4-18-34(31)38)32-27-28-43-40(29-32)46-45(39-21-7-10-26-44(39)54-46)50(43)41-24-8-5-19-35(41)36-20-6-9-25-42(36)50/h1-29H. The van der Waals surface area contributed by atoms with E-state index in [4.69, 9.17) is 19.4 Å². The van der Waals surface area contributed by atoms with Crippen LogP contribution in [0.2, 0.25) is 0 Å². The summed E-state index contributed by atoms with van der Waals surface area (Å²) in [6.07, 6.45) is 0. The molecule has 4 heteroatoms. The first-order valence-electron chi connectivity index (χ1n) is 18.4. The maximum Gasteiger partial charge on any atom is 0.164 e. The number of hydrogen-bond acceptors (Lipinski definition) is 4. The van der Waals surface area contributed by atoms with Gasteiger partial charge in [-0.2, -0.15) is 0 Å². The topological polar surface area (TPSA) is 51.8 Å². The molecule has 12 rings (SSSR count). The first-order valence-corrected chi connectivity index (χ1v) is 18.4. The Morgan fingerprint density at radius 3 is 1.50 bits per heavy atom. The fourth-order valence-electron chi connectivity index (χ4n) is 9.32. The summed E-state index contributed by atoms with van der Waals surface area (Å²) in [6, 6.07) is 62.3. The molecule has 54 heavy (non-hydrogen) atoms. The Labute approximate surface area is 311 Å². The van der Waals surface area contributed by atoms with Gasteiger partial charge in [0.25, 0.3) is 0 Å². The van der Waals surface area contributed by atoms with E-state index in [2.05, 4.69) is 176 Å². The highest BCUT2D eigenvalue weighted by molar-refractivity contribution is 6.03. The smallest absolute Gasteiger partial charge is 0.164 e. The molecule has 8 aromatic carbocycles. The third-order valence-electron chi connectivity index (χ3n) is 11.5. The van der Waals surface area contributed by atoms with Crippen LogP contribution in [0.4, 0.5) is 0 Å². The lowest BCUT2D eigenvalue weighted by atomic mass is 9.70. The summed E-state index contributed by atoms with van der Waals surface area (Å²) < 4.78 is 6.87. The third kappa shape index (κ3) is 3.89. The average Bonchev–Trinajstić information content (AvgIpc) is 3.86. The summed E-state index contributed by atoms with van der Waals surface area (Å²) in [5.41, 5.74) is 11.8. The molecule has 0 fully saturated rings. The van der Waals surface area contributed by atoms with E-state index in [1.54, 1.807) is 0 Å². The zero-order valence-electron chi connectivity index (χ0n) is 29.0. The van der Waals surface area contributed by atoms with Crippen molar-refractivity contribution in [3.8, 4) is 56.6 Å². The lowest BCUT2D eigenvalue weighted by Gasteiger charge is -2.29. The van der Waals surface area contributed by atoms with Crippen molar-refractivity contribution in [2.75, 3.05) is 0 Å². The highest BCUT2D eigenvalue weighted by atomic mass is 16.3.